The molecule has 0 bridgehead atoms. The third-order valence-electron chi connectivity index (χ3n) is 5.38. The predicted molar refractivity (Wildman–Crippen MR) is 122 cm³/mol. The van der Waals surface area contributed by atoms with Crippen molar-refractivity contribution < 1.29 is 18.3 Å². The minimum atomic E-state index is -0.625. The van der Waals surface area contributed by atoms with E-state index in [4.69, 9.17) is 9.15 Å². The van der Waals surface area contributed by atoms with Gasteiger partial charge < -0.3 is 14.5 Å². The van der Waals surface area contributed by atoms with Gasteiger partial charge in [-0.3, -0.25) is 14.9 Å². The highest BCUT2D eigenvalue weighted by Crippen LogP contribution is 2.37. The van der Waals surface area contributed by atoms with Gasteiger partial charge in [0.1, 0.15) is 11.5 Å². The van der Waals surface area contributed by atoms with E-state index in [0.717, 1.165) is 18.4 Å². The molecule has 1 saturated carbocycles. The monoisotopic (exact) mass is 452 g/mol. The summed E-state index contributed by atoms with van der Waals surface area (Å²) in [5.41, 5.74) is 4.49. The van der Waals surface area contributed by atoms with Crippen molar-refractivity contribution in [2.24, 2.45) is 5.10 Å². The van der Waals surface area contributed by atoms with Gasteiger partial charge in [0.2, 0.25) is 5.95 Å². The topological polar surface area (TPSA) is 107 Å². The van der Waals surface area contributed by atoms with Gasteiger partial charge in [-0.15, -0.1) is 0 Å². The molecule has 1 aliphatic carbocycles. The highest BCUT2D eigenvalue weighted by Gasteiger charge is 2.32. The van der Waals surface area contributed by atoms with E-state index < -0.39 is 11.9 Å². The summed E-state index contributed by atoms with van der Waals surface area (Å²) in [5.74, 6) is -0.451. The zero-order valence-corrected chi connectivity index (χ0v) is 18.4. The molecule has 0 radical (unpaired) electrons. The van der Waals surface area contributed by atoms with Crippen molar-refractivity contribution in [1.29, 1.82) is 0 Å². The van der Waals surface area contributed by atoms with E-state index in [1.54, 1.807) is 41.3 Å². The highest BCUT2D eigenvalue weighted by molar-refractivity contribution is 6.04. The molecule has 0 saturated heterocycles. The standard InChI is InChI=1S/C23H25FN6O3/c1-4-32-16-10-15(11-16)30-13-18(22(29-30)17-6-5-7-21(24)27-17)28-23(31)20-9-8-19(33-20)14(2)12-26-25-3/h5-9,12-13,15-16,26H,3-4,10-11H2,1-2H3,(H,28,31)/b14-12+/t15-,16+. The molecule has 172 valence electrons. The second-order valence-corrected chi connectivity index (χ2v) is 7.65. The molecule has 3 aromatic rings. The van der Waals surface area contributed by atoms with Gasteiger partial charge in [-0.2, -0.15) is 14.6 Å². The van der Waals surface area contributed by atoms with Gasteiger partial charge in [0, 0.05) is 31.3 Å². The first-order valence-corrected chi connectivity index (χ1v) is 10.6. The summed E-state index contributed by atoms with van der Waals surface area (Å²) in [6.07, 6.45) is 5.18. The molecular weight excluding hydrogens is 427 g/mol. The fourth-order valence-corrected chi connectivity index (χ4v) is 3.59. The summed E-state index contributed by atoms with van der Waals surface area (Å²) in [6, 6.07) is 7.85. The molecule has 1 fully saturated rings. The summed E-state index contributed by atoms with van der Waals surface area (Å²) >= 11 is 0. The molecule has 0 aliphatic heterocycles. The molecule has 2 N–H and O–H groups in total. The Hall–Kier alpha value is -3.79. The molecule has 0 atom stereocenters. The van der Waals surface area contributed by atoms with Crippen LogP contribution in [0.5, 0.6) is 0 Å². The molecule has 1 amide bonds. The number of rotatable bonds is 9. The van der Waals surface area contributed by atoms with Crippen molar-refractivity contribution in [2.45, 2.75) is 38.8 Å². The Balaban J connectivity index is 1.58. The van der Waals surface area contributed by atoms with E-state index in [2.05, 4.69) is 32.6 Å². The van der Waals surface area contributed by atoms with Gasteiger partial charge in [0.25, 0.3) is 5.91 Å². The van der Waals surface area contributed by atoms with Gasteiger partial charge in [-0.25, -0.2) is 4.98 Å². The van der Waals surface area contributed by atoms with Gasteiger partial charge in [-0.05, 0) is 51.0 Å². The normalized spacial score (nSPS) is 18.0. The Morgan fingerprint density at radius 2 is 2.15 bits per heavy atom. The number of allylic oxidation sites excluding steroid dienone is 1. The Morgan fingerprint density at radius 1 is 1.36 bits per heavy atom. The summed E-state index contributed by atoms with van der Waals surface area (Å²) in [5, 5.41) is 11.0. The number of aromatic nitrogens is 3. The smallest absolute Gasteiger partial charge is 0.291 e. The average molecular weight is 452 g/mol. The second kappa shape index (κ2) is 9.78. The van der Waals surface area contributed by atoms with Crippen LogP contribution in [-0.4, -0.2) is 40.1 Å². The number of ether oxygens (including phenoxy) is 1. The first-order chi connectivity index (χ1) is 16.0. The minimum absolute atomic E-state index is 0.121. The maximum Gasteiger partial charge on any atom is 0.291 e. The molecule has 0 unspecified atom stereocenters. The molecule has 4 rings (SSSR count). The molecule has 10 heteroatoms. The number of furan rings is 1. The largest absolute Gasteiger partial charge is 0.451 e. The third-order valence-corrected chi connectivity index (χ3v) is 5.38. The lowest BCUT2D eigenvalue weighted by Crippen LogP contribution is -2.33. The lowest BCUT2D eigenvalue weighted by Gasteiger charge is -2.34. The lowest BCUT2D eigenvalue weighted by molar-refractivity contribution is -0.0226. The molecular formula is C23H25FN6O3. The van der Waals surface area contributed by atoms with Crippen LogP contribution in [0.25, 0.3) is 17.0 Å². The Bertz CT molecular complexity index is 1180. The molecule has 3 heterocycles. The van der Waals surface area contributed by atoms with Crippen LogP contribution in [-0.2, 0) is 4.74 Å². The van der Waals surface area contributed by atoms with E-state index in [-0.39, 0.29) is 17.9 Å². The second-order valence-electron chi connectivity index (χ2n) is 7.65. The predicted octanol–water partition coefficient (Wildman–Crippen LogP) is 4.24. The molecule has 33 heavy (non-hydrogen) atoms. The zero-order chi connectivity index (χ0) is 23.4. The average Bonchev–Trinajstić information content (AvgIpc) is 3.42. The minimum Gasteiger partial charge on any atom is -0.451 e. The summed E-state index contributed by atoms with van der Waals surface area (Å²) in [6.45, 7) is 7.78. The number of pyridine rings is 1. The third kappa shape index (κ3) is 5.01. The first kappa shape index (κ1) is 22.4. The number of amides is 1. The van der Waals surface area contributed by atoms with Crippen molar-refractivity contribution in [2.75, 3.05) is 11.9 Å². The van der Waals surface area contributed by atoms with Gasteiger partial charge in [0.15, 0.2) is 5.76 Å². The van der Waals surface area contributed by atoms with Crippen LogP contribution < -0.4 is 10.7 Å². The number of nitrogens with one attached hydrogen (secondary N) is 2. The van der Waals surface area contributed by atoms with Crippen LogP contribution in [0, 0.1) is 5.95 Å². The SMILES string of the molecule is C=NN/C=C(\C)c1ccc(C(=O)Nc2cn([C@H]3C[C@@H](OCC)C3)nc2-c2cccc(F)n2)o1. The van der Waals surface area contributed by atoms with Crippen molar-refractivity contribution in [1.82, 2.24) is 20.2 Å². The van der Waals surface area contributed by atoms with Crippen LogP contribution in [0.15, 0.2) is 52.2 Å². The number of hydrazone groups is 1. The Kier molecular flexibility index (Phi) is 6.64. The van der Waals surface area contributed by atoms with Gasteiger partial charge in [-0.1, -0.05) is 6.07 Å². The van der Waals surface area contributed by atoms with Gasteiger partial charge >= 0.3 is 0 Å². The highest BCUT2D eigenvalue weighted by atomic mass is 19.1. The quantitative estimate of drug-likeness (QED) is 0.286. The van der Waals surface area contributed by atoms with Crippen LogP contribution in [0.4, 0.5) is 10.1 Å². The van der Waals surface area contributed by atoms with E-state index in [0.29, 0.717) is 29.4 Å². The van der Waals surface area contributed by atoms with Crippen molar-refractivity contribution in [3.63, 3.8) is 0 Å². The molecule has 1 aliphatic rings. The Morgan fingerprint density at radius 3 is 2.88 bits per heavy atom. The van der Waals surface area contributed by atoms with E-state index >= 15 is 0 Å². The summed E-state index contributed by atoms with van der Waals surface area (Å²) in [4.78, 5) is 16.8. The number of hydrogen-bond donors (Lipinski definition) is 2. The number of halogens is 1. The maximum atomic E-state index is 13.8. The summed E-state index contributed by atoms with van der Waals surface area (Å²) in [7, 11) is 0. The number of carbonyl (C=O) groups is 1. The number of nitrogens with zero attached hydrogens (tertiary/aromatic N) is 4. The van der Waals surface area contributed by atoms with E-state index in [1.165, 1.54) is 6.07 Å². The van der Waals surface area contributed by atoms with Crippen molar-refractivity contribution in [3.8, 4) is 11.4 Å². The van der Waals surface area contributed by atoms with E-state index in [1.807, 2.05) is 13.8 Å². The maximum absolute atomic E-state index is 13.8. The number of hydrogen-bond acceptors (Lipinski definition) is 7. The van der Waals surface area contributed by atoms with Crippen LogP contribution >= 0.6 is 0 Å². The first-order valence-electron chi connectivity index (χ1n) is 10.6. The van der Waals surface area contributed by atoms with Crippen LogP contribution in [0.3, 0.4) is 0 Å². The van der Waals surface area contributed by atoms with Gasteiger partial charge in [0.05, 0.1) is 23.5 Å². The Labute approximate surface area is 190 Å². The van der Waals surface area contributed by atoms with Crippen LogP contribution in [0.1, 0.15) is 49.0 Å². The molecule has 0 aromatic carbocycles. The molecule has 3 aromatic heterocycles. The van der Waals surface area contributed by atoms with Crippen molar-refractivity contribution in [3.05, 3.63) is 60.2 Å². The van der Waals surface area contributed by atoms with E-state index in [9.17, 15) is 9.18 Å². The van der Waals surface area contributed by atoms with Crippen molar-refractivity contribution >= 4 is 23.9 Å². The fourth-order valence-electron chi connectivity index (χ4n) is 3.59. The number of carbonyl (C=O) groups excluding carboxylic acids is 1. The molecule has 0 spiro atoms. The van der Waals surface area contributed by atoms with Crippen LogP contribution in [0.2, 0.25) is 0 Å². The number of anilines is 1. The zero-order valence-electron chi connectivity index (χ0n) is 18.4. The fraction of sp³-hybridized carbons (Fsp3) is 0.304. The summed E-state index contributed by atoms with van der Waals surface area (Å²) < 4.78 is 26.9. The molecule has 9 nitrogen and oxygen atoms in total. The lowest BCUT2D eigenvalue weighted by atomic mass is 9.89.